The van der Waals surface area contributed by atoms with E-state index < -0.39 is 11.9 Å². The zero-order valence-electron chi connectivity index (χ0n) is 8.21. The standard InChI is InChI=1S/C10H11NO4/c1-15-11(9(12)10(13)14)7-8-5-3-2-4-6-8/h2-6H,7H2,1H3,(H,13,14). The molecule has 1 rings (SSSR count). The molecule has 1 aromatic rings. The molecule has 0 spiro atoms. The summed E-state index contributed by atoms with van der Waals surface area (Å²) in [6, 6.07) is 8.99. The van der Waals surface area contributed by atoms with Crippen LogP contribution < -0.4 is 0 Å². The Balaban J connectivity index is 2.70. The smallest absolute Gasteiger partial charge is 0.396 e. The van der Waals surface area contributed by atoms with E-state index >= 15 is 0 Å². The maximum absolute atomic E-state index is 11.1. The first kappa shape index (κ1) is 11.2. The van der Waals surface area contributed by atoms with Crippen LogP contribution in [-0.4, -0.2) is 29.2 Å². The molecule has 5 heteroatoms. The molecular weight excluding hydrogens is 198 g/mol. The van der Waals surface area contributed by atoms with Gasteiger partial charge in [-0.1, -0.05) is 30.3 Å². The SMILES string of the molecule is CON(Cc1ccccc1)C(=O)C(=O)O. The topological polar surface area (TPSA) is 66.8 Å². The molecule has 0 aliphatic carbocycles. The van der Waals surface area contributed by atoms with Crippen molar-refractivity contribution in [3.8, 4) is 0 Å². The van der Waals surface area contributed by atoms with Crippen LogP contribution in [0.1, 0.15) is 5.56 Å². The van der Waals surface area contributed by atoms with E-state index in [9.17, 15) is 9.59 Å². The van der Waals surface area contributed by atoms with Crippen molar-refractivity contribution in [2.75, 3.05) is 7.11 Å². The van der Waals surface area contributed by atoms with Crippen LogP contribution in [0.4, 0.5) is 0 Å². The van der Waals surface area contributed by atoms with Gasteiger partial charge < -0.3 is 5.11 Å². The Hall–Kier alpha value is -1.88. The van der Waals surface area contributed by atoms with Crippen molar-refractivity contribution < 1.29 is 19.5 Å². The first-order valence-electron chi connectivity index (χ1n) is 4.28. The van der Waals surface area contributed by atoms with Gasteiger partial charge in [0, 0.05) is 0 Å². The molecule has 5 nitrogen and oxygen atoms in total. The molecule has 0 saturated heterocycles. The van der Waals surface area contributed by atoms with Gasteiger partial charge in [0.15, 0.2) is 0 Å². The summed E-state index contributed by atoms with van der Waals surface area (Å²) in [5.74, 6) is -2.62. The Kier molecular flexibility index (Phi) is 3.82. The van der Waals surface area contributed by atoms with Crippen molar-refractivity contribution in [2.45, 2.75) is 6.54 Å². The Morgan fingerprint density at radius 1 is 1.33 bits per heavy atom. The maximum Gasteiger partial charge on any atom is 0.396 e. The summed E-state index contributed by atoms with van der Waals surface area (Å²) < 4.78 is 0. The van der Waals surface area contributed by atoms with Crippen molar-refractivity contribution >= 4 is 11.9 Å². The molecule has 1 amide bonds. The van der Waals surface area contributed by atoms with Gasteiger partial charge in [-0.25, -0.2) is 9.86 Å². The van der Waals surface area contributed by atoms with E-state index in [0.29, 0.717) is 0 Å². The van der Waals surface area contributed by atoms with Gasteiger partial charge in [0.05, 0.1) is 13.7 Å². The molecule has 1 aromatic carbocycles. The van der Waals surface area contributed by atoms with Gasteiger partial charge in [0.25, 0.3) is 0 Å². The zero-order chi connectivity index (χ0) is 11.3. The molecule has 0 aliphatic heterocycles. The second kappa shape index (κ2) is 5.11. The highest BCUT2D eigenvalue weighted by molar-refractivity contribution is 6.31. The van der Waals surface area contributed by atoms with Crippen LogP contribution in [0, 0.1) is 0 Å². The molecule has 15 heavy (non-hydrogen) atoms. The van der Waals surface area contributed by atoms with Gasteiger partial charge in [0.2, 0.25) is 0 Å². The lowest BCUT2D eigenvalue weighted by molar-refractivity contribution is -0.188. The Morgan fingerprint density at radius 3 is 2.40 bits per heavy atom. The molecule has 0 saturated carbocycles. The van der Waals surface area contributed by atoms with Gasteiger partial charge in [0.1, 0.15) is 0 Å². The second-order valence-electron chi connectivity index (χ2n) is 2.82. The van der Waals surface area contributed by atoms with Crippen LogP contribution in [0.5, 0.6) is 0 Å². The van der Waals surface area contributed by atoms with Crippen LogP contribution in [0.3, 0.4) is 0 Å². The number of nitrogens with zero attached hydrogens (tertiary/aromatic N) is 1. The molecular formula is C10H11NO4. The molecule has 0 fully saturated rings. The number of hydrogen-bond acceptors (Lipinski definition) is 3. The third kappa shape index (κ3) is 3.07. The highest BCUT2D eigenvalue weighted by Crippen LogP contribution is 2.04. The summed E-state index contributed by atoms with van der Waals surface area (Å²) in [4.78, 5) is 26.2. The fourth-order valence-corrected chi connectivity index (χ4v) is 1.08. The molecule has 1 N–H and O–H groups in total. The third-order valence-electron chi connectivity index (χ3n) is 1.80. The lowest BCUT2D eigenvalue weighted by Crippen LogP contribution is -2.35. The summed E-state index contributed by atoms with van der Waals surface area (Å²) in [5.41, 5.74) is 0.800. The van der Waals surface area contributed by atoms with Crippen molar-refractivity contribution in [1.29, 1.82) is 0 Å². The highest BCUT2D eigenvalue weighted by atomic mass is 16.7. The number of aliphatic carboxylic acids is 1. The number of carboxylic acids is 1. The van der Waals surface area contributed by atoms with E-state index in [1.807, 2.05) is 6.07 Å². The predicted octanol–water partition coefficient (Wildman–Crippen LogP) is 0.661. The normalized spacial score (nSPS) is 9.67. The van der Waals surface area contributed by atoms with E-state index in [-0.39, 0.29) is 6.54 Å². The maximum atomic E-state index is 11.1. The number of carbonyl (C=O) groups excluding carboxylic acids is 1. The quantitative estimate of drug-likeness (QED) is 0.586. The Bertz CT molecular complexity index is 350. The monoisotopic (exact) mass is 209 g/mol. The van der Waals surface area contributed by atoms with Crippen molar-refractivity contribution in [3.63, 3.8) is 0 Å². The lowest BCUT2D eigenvalue weighted by Gasteiger charge is -2.17. The number of amides is 1. The highest BCUT2D eigenvalue weighted by Gasteiger charge is 2.20. The van der Waals surface area contributed by atoms with Crippen LogP contribution in [-0.2, 0) is 21.0 Å². The molecule has 0 heterocycles. The van der Waals surface area contributed by atoms with Gasteiger partial charge in [-0.15, -0.1) is 0 Å². The molecule has 0 aliphatic rings. The fourth-order valence-electron chi connectivity index (χ4n) is 1.08. The summed E-state index contributed by atoms with van der Waals surface area (Å²) in [6.45, 7) is 0.114. The van der Waals surface area contributed by atoms with E-state index in [2.05, 4.69) is 4.84 Å². The largest absolute Gasteiger partial charge is 0.474 e. The number of hydroxylamine groups is 2. The summed E-state index contributed by atoms with van der Waals surface area (Å²) >= 11 is 0. The zero-order valence-corrected chi connectivity index (χ0v) is 8.21. The van der Waals surface area contributed by atoms with Gasteiger partial charge in [-0.05, 0) is 5.56 Å². The van der Waals surface area contributed by atoms with E-state index in [0.717, 1.165) is 10.6 Å². The fraction of sp³-hybridized carbons (Fsp3) is 0.200. The number of carbonyl (C=O) groups is 2. The molecule has 0 atom stereocenters. The van der Waals surface area contributed by atoms with Gasteiger partial charge in [-0.2, -0.15) is 0 Å². The van der Waals surface area contributed by atoms with Gasteiger partial charge in [-0.3, -0.25) is 9.63 Å². The summed E-state index contributed by atoms with van der Waals surface area (Å²) in [7, 11) is 1.25. The minimum absolute atomic E-state index is 0.114. The Labute approximate surface area is 86.8 Å². The Morgan fingerprint density at radius 2 is 1.93 bits per heavy atom. The van der Waals surface area contributed by atoms with Crippen LogP contribution in [0.15, 0.2) is 30.3 Å². The summed E-state index contributed by atoms with van der Waals surface area (Å²) in [5, 5.41) is 9.28. The lowest BCUT2D eigenvalue weighted by atomic mass is 10.2. The van der Waals surface area contributed by atoms with E-state index in [1.54, 1.807) is 24.3 Å². The number of rotatable bonds is 3. The van der Waals surface area contributed by atoms with E-state index in [4.69, 9.17) is 5.11 Å². The van der Waals surface area contributed by atoms with Crippen molar-refractivity contribution in [3.05, 3.63) is 35.9 Å². The molecule has 80 valence electrons. The van der Waals surface area contributed by atoms with Crippen LogP contribution in [0.2, 0.25) is 0 Å². The second-order valence-corrected chi connectivity index (χ2v) is 2.82. The molecule has 0 bridgehead atoms. The molecule has 0 aromatic heterocycles. The first-order valence-corrected chi connectivity index (χ1v) is 4.28. The number of benzene rings is 1. The minimum Gasteiger partial charge on any atom is -0.474 e. The van der Waals surface area contributed by atoms with E-state index in [1.165, 1.54) is 7.11 Å². The first-order chi connectivity index (χ1) is 7.15. The van der Waals surface area contributed by atoms with Crippen LogP contribution >= 0.6 is 0 Å². The van der Waals surface area contributed by atoms with Crippen molar-refractivity contribution in [2.24, 2.45) is 0 Å². The summed E-state index contributed by atoms with van der Waals surface area (Å²) in [6.07, 6.45) is 0. The minimum atomic E-state index is -1.53. The predicted molar refractivity (Wildman–Crippen MR) is 51.6 cm³/mol. The van der Waals surface area contributed by atoms with Gasteiger partial charge >= 0.3 is 11.9 Å². The number of hydrogen-bond donors (Lipinski definition) is 1. The van der Waals surface area contributed by atoms with Crippen LogP contribution in [0.25, 0.3) is 0 Å². The molecule has 0 unspecified atom stereocenters. The average Bonchev–Trinajstić information content (AvgIpc) is 2.26. The number of carboxylic acid groups (broad SMARTS) is 1. The third-order valence-corrected chi connectivity index (χ3v) is 1.80. The average molecular weight is 209 g/mol. The van der Waals surface area contributed by atoms with Crippen molar-refractivity contribution in [1.82, 2.24) is 5.06 Å². The molecule has 0 radical (unpaired) electrons.